The first-order chi connectivity index (χ1) is 8.62. The third-order valence-corrected chi connectivity index (χ3v) is 2.60. The molecule has 0 saturated carbocycles. The topological polar surface area (TPSA) is 68.3 Å². The zero-order valence-corrected chi connectivity index (χ0v) is 11.1. The van der Waals surface area contributed by atoms with E-state index in [-0.39, 0.29) is 6.04 Å². The molecule has 0 saturated heterocycles. The summed E-state index contributed by atoms with van der Waals surface area (Å²) in [6.07, 6.45) is 0.855. The summed E-state index contributed by atoms with van der Waals surface area (Å²) in [4.78, 5) is 0. The maximum atomic E-state index is 8.98. The number of methoxy groups -OCH3 is 1. The molecule has 1 aromatic carbocycles. The van der Waals surface area contributed by atoms with Crippen molar-refractivity contribution in [2.45, 2.75) is 38.8 Å². The molecule has 0 fully saturated rings. The summed E-state index contributed by atoms with van der Waals surface area (Å²) in [6.45, 7) is 3.85. The van der Waals surface area contributed by atoms with Gasteiger partial charge >= 0.3 is 0 Å². The van der Waals surface area contributed by atoms with Crippen LogP contribution >= 0.6 is 0 Å². The molecule has 98 valence electrons. The van der Waals surface area contributed by atoms with Crippen molar-refractivity contribution in [3.05, 3.63) is 23.8 Å². The second kappa shape index (κ2) is 6.87. The zero-order valence-electron chi connectivity index (χ0n) is 11.1. The molecule has 0 heterocycles. The predicted octanol–water partition coefficient (Wildman–Crippen LogP) is 2.27. The van der Waals surface area contributed by atoms with Gasteiger partial charge in [0.1, 0.15) is 6.07 Å². The summed E-state index contributed by atoms with van der Waals surface area (Å²) in [5.74, 6) is 1.27. The van der Waals surface area contributed by atoms with Gasteiger partial charge in [-0.2, -0.15) is 5.26 Å². The van der Waals surface area contributed by atoms with Gasteiger partial charge in [0, 0.05) is 6.04 Å². The van der Waals surface area contributed by atoms with E-state index in [1.807, 2.05) is 32.0 Å². The Labute approximate surface area is 108 Å². The Morgan fingerprint density at radius 3 is 2.67 bits per heavy atom. The van der Waals surface area contributed by atoms with Crippen LogP contribution in [0.15, 0.2) is 18.2 Å². The van der Waals surface area contributed by atoms with Crippen LogP contribution in [0.1, 0.15) is 25.8 Å². The maximum Gasteiger partial charge on any atom is 0.184 e. The number of hydrogen-bond donors (Lipinski definition) is 1. The van der Waals surface area contributed by atoms with Crippen molar-refractivity contribution in [3.8, 4) is 17.6 Å². The minimum absolute atomic E-state index is 0.0293. The number of benzene rings is 1. The van der Waals surface area contributed by atoms with Crippen molar-refractivity contribution >= 4 is 0 Å². The van der Waals surface area contributed by atoms with Gasteiger partial charge in [-0.3, -0.25) is 0 Å². The number of ether oxygens (including phenoxy) is 2. The van der Waals surface area contributed by atoms with Crippen LogP contribution in [0.3, 0.4) is 0 Å². The van der Waals surface area contributed by atoms with E-state index in [1.165, 1.54) is 0 Å². The predicted molar refractivity (Wildman–Crippen MR) is 70.7 cm³/mol. The van der Waals surface area contributed by atoms with Crippen molar-refractivity contribution in [1.29, 1.82) is 5.26 Å². The van der Waals surface area contributed by atoms with E-state index in [9.17, 15) is 0 Å². The second-order valence-electron chi connectivity index (χ2n) is 4.27. The van der Waals surface area contributed by atoms with E-state index >= 15 is 0 Å². The zero-order chi connectivity index (χ0) is 13.5. The van der Waals surface area contributed by atoms with Crippen molar-refractivity contribution in [2.75, 3.05) is 7.11 Å². The smallest absolute Gasteiger partial charge is 0.184 e. The van der Waals surface area contributed by atoms with Gasteiger partial charge < -0.3 is 15.2 Å². The van der Waals surface area contributed by atoms with Gasteiger partial charge in [-0.15, -0.1) is 0 Å². The highest BCUT2D eigenvalue weighted by Crippen LogP contribution is 2.32. The van der Waals surface area contributed by atoms with E-state index in [4.69, 9.17) is 20.5 Å². The fourth-order valence-electron chi connectivity index (χ4n) is 1.71. The third-order valence-electron chi connectivity index (χ3n) is 2.60. The molecule has 1 aromatic rings. The van der Waals surface area contributed by atoms with Gasteiger partial charge in [-0.25, -0.2) is 0 Å². The highest BCUT2D eigenvalue weighted by molar-refractivity contribution is 5.47. The lowest BCUT2D eigenvalue weighted by Crippen LogP contribution is -2.20. The van der Waals surface area contributed by atoms with E-state index in [1.54, 1.807) is 7.11 Å². The Balaban J connectivity index is 3.07. The fraction of sp³-hybridized carbons (Fsp3) is 0.500. The molecule has 4 heteroatoms. The van der Waals surface area contributed by atoms with Gasteiger partial charge in [0.2, 0.25) is 0 Å². The molecule has 1 rings (SSSR count). The lowest BCUT2D eigenvalue weighted by Gasteiger charge is -2.18. The first-order valence-corrected chi connectivity index (χ1v) is 6.10. The van der Waals surface area contributed by atoms with Crippen molar-refractivity contribution in [2.24, 2.45) is 5.73 Å². The number of nitriles is 1. The second-order valence-corrected chi connectivity index (χ2v) is 4.27. The van der Waals surface area contributed by atoms with E-state index in [2.05, 4.69) is 6.07 Å². The fourth-order valence-corrected chi connectivity index (χ4v) is 1.71. The summed E-state index contributed by atoms with van der Waals surface area (Å²) >= 11 is 0. The quantitative estimate of drug-likeness (QED) is 0.838. The first kappa shape index (κ1) is 14.3. The Bertz CT molecular complexity index is 424. The molecule has 0 aliphatic rings. The summed E-state index contributed by atoms with van der Waals surface area (Å²) in [7, 11) is 1.59. The van der Waals surface area contributed by atoms with Gasteiger partial charge in [0.05, 0.1) is 7.11 Å². The molecule has 0 bridgehead atoms. The van der Waals surface area contributed by atoms with E-state index in [0.29, 0.717) is 24.3 Å². The summed E-state index contributed by atoms with van der Waals surface area (Å²) < 4.78 is 11.0. The lowest BCUT2D eigenvalue weighted by molar-refractivity contribution is 0.236. The van der Waals surface area contributed by atoms with Crippen LogP contribution < -0.4 is 15.2 Å². The minimum Gasteiger partial charge on any atom is -0.493 e. The highest BCUT2D eigenvalue weighted by atomic mass is 16.5. The van der Waals surface area contributed by atoms with Crippen LogP contribution in [0.2, 0.25) is 0 Å². The first-order valence-electron chi connectivity index (χ1n) is 6.10. The molecule has 0 spiro atoms. The summed E-state index contributed by atoms with van der Waals surface area (Å²) in [5, 5.41) is 8.98. The molecule has 2 atom stereocenters. The van der Waals surface area contributed by atoms with Crippen LogP contribution in [-0.2, 0) is 6.42 Å². The average molecular weight is 248 g/mol. The molecule has 4 nitrogen and oxygen atoms in total. The Hall–Kier alpha value is -1.73. The molecule has 0 aliphatic heterocycles. The molecule has 18 heavy (non-hydrogen) atoms. The van der Waals surface area contributed by atoms with Gasteiger partial charge in [-0.05, 0) is 31.4 Å². The largest absolute Gasteiger partial charge is 0.493 e. The van der Waals surface area contributed by atoms with Crippen LogP contribution in [0.25, 0.3) is 0 Å². The standard InChI is InChI=1S/C14H20N2O2/c1-4-12(9-15)18-14-11(8-10(2)16)6-5-7-13(14)17-3/h5-7,10,12H,4,8,16H2,1-3H3. The van der Waals surface area contributed by atoms with Gasteiger partial charge in [-0.1, -0.05) is 19.1 Å². The lowest BCUT2D eigenvalue weighted by atomic mass is 10.1. The Morgan fingerprint density at radius 2 is 2.17 bits per heavy atom. The molecule has 2 N–H and O–H groups in total. The SMILES string of the molecule is CCC(C#N)Oc1c(CC(C)N)cccc1OC. The Morgan fingerprint density at radius 1 is 1.44 bits per heavy atom. The number of hydrogen-bond acceptors (Lipinski definition) is 4. The third kappa shape index (κ3) is 3.64. The molecule has 0 amide bonds. The van der Waals surface area contributed by atoms with Crippen molar-refractivity contribution in [3.63, 3.8) is 0 Å². The number of rotatable bonds is 6. The monoisotopic (exact) mass is 248 g/mol. The maximum absolute atomic E-state index is 8.98. The summed E-state index contributed by atoms with van der Waals surface area (Å²) in [5.41, 5.74) is 6.79. The number of nitrogens with two attached hydrogens (primary N) is 1. The average Bonchev–Trinajstić information content (AvgIpc) is 2.36. The van der Waals surface area contributed by atoms with Crippen LogP contribution in [0, 0.1) is 11.3 Å². The van der Waals surface area contributed by atoms with Crippen molar-refractivity contribution in [1.82, 2.24) is 0 Å². The molecule has 2 unspecified atom stereocenters. The number of para-hydroxylation sites is 1. The van der Waals surface area contributed by atoms with Gasteiger partial charge in [0.25, 0.3) is 0 Å². The summed E-state index contributed by atoms with van der Waals surface area (Å²) in [6, 6.07) is 7.83. The molecule has 0 aromatic heterocycles. The molecule has 0 aliphatic carbocycles. The number of nitrogens with zero attached hydrogens (tertiary/aromatic N) is 1. The van der Waals surface area contributed by atoms with E-state index in [0.717, 1.165) is 5.56 Å². The Kier molecular flexibility index (Phi) is 5.47. The van der Waals surface area contributed by atoms with E-state index < -0.39 is 6.10 Å². The molecule has 0 radical (unpaired) electrons. The van der Waals surface area contributed by atoms with Crippen LogP contribution in [-0.4, -0.2) is 19.3 Å². The normalized spacial score (nSPS) is 13.5. The molecular formula is C14H20N2O2. The van der Waals surface area contributed by atoms with Gasteiger partial charge in [0.15, 0.2) is 17.6 Å². The van der Waals surface area contributed by atoms with Crippen LogP contribution in [0.5, 0.6) is 11.5 Å². The minimum atomic E-state index is -0.465. The van der Waals surface area contributed by atoms with Crippen molar-refractivity contribution < 1.29 is 9.47 Å². The highest BCUT2D eigenvalue weighted by Gasteiger charge is 2.16. The van der Waals surface area contributed by atoms with Crippen LogP contribution in [0.4, 0.5) is 0 Å². The molecular weight excluding hydrogens is 228 g/mol.